The molecule has 0 radical (unpaired) electrons. The van der Waals surface area contributed by atoms with E-state index in [0.717, 1.165) is 26.4 Å². The fraction of sp³-hybridized carbons (Fsp3) is 0.130. The molecule has 0 aliphatic heterocycles. The number of hydrogen-bond donors (Lipinski definition) is 0. The zero-order valence-corrected chi connectivity index (χ0v) is 16.2. The molecular weight excluding hydrogens is 368 g/mol. The summed E-state index contributed by atoms with van der Waals surface area (Å²) in [4.78, 5) is 4.72. The number of ether oxygens (including phenoxy) is 2. The average Bonchev–Trinajstić information content (AvgIpc) is 3.17. The van der Waals surface area contributed by atoms with Crippen molar-refractivity contribution in [2.24, 2.45) is 0 Å². The standard InChI is InChI=1S/C23H18N2O2S/c1-2-26-21-13-16(23-25-19-9-5-6-10-22(19)28-23)11-12-20(21)27-15-18-8-4-3-7-17(18)14-24/h3-13H,2,15H2,1H3. The number of thiazole rings is 1. The Bertz CT molecular complexity index is 1130. The molecule has 0 N–H and O–H groups in total. The van der Waals surface area contributed by atoms with Gasteiger partial charge in [-0.15, -0.1) is 11.3 Å². The van der Waals surface area contributed by atoms with Crippen molar-refractivity contribution in [3.63, 3.8) is 0 Å². The maximum atomic E-state index is 9.24. The lowest BCUT2D eigenvalue weighted by atomic mass is 10.1. The van der Waals surface area contributed by atoms with Crippen LogP contribution in [0, 0.1) is 11.3 Å². The minimum absolute atomic E-state index is 0.310. The van der Waals surface area contributed by atoms with Gasteiger partial charge in [0.2, 0.25) is 0 Å². The summed E-state index contributed by atoms with van der Waals surface area (Å²) in [7, 11) is 0. The van der Waals surface area contributed by atoms with E-state index in [2.05, 4.69) is 12.1 Å². The minimum Gasteiger partial charge on any atom is -0.490 e. The molecule has 5 heteroatoms. The molecule has 4 rings (SSSR count). The summed E-state index contributed by atoms with van der Waals surface area (Å²) in [5, 5.41) is 10.2. The first-order valence-corrected chi connectivity index (χ1v) is 9.83. The molecule has 0 aliphatic rings. The Labute approximate surface area is 167 Å². The van der Waals surface area contributed by atoms with Gasteiger partial charge in [0.25, 0.3) is 0 Å². The first-order valence-electron chi connectivity index (χ1n) is 9.02. The summed E-state index contributed by atoms with van der Waals surface area (Å²) in [6, 6.07) is 23.6. The number of benzene rings is 3. The second-order valence-corrected chi connectivity index (χ2v) is 7.17. The van der Waals surface area contributed by atoms with Crippen LogP contribution in [0.4, 0.5) is 0 Å². The van der Waals surface area contributed by atoms with Gasteiger partial charge >= 0.3 is 0 Å². The van der Waals surface area contributed by atoms with Gasteiger partial charge in [0, 0.05) is 11.1 Å². The summed E-state index contributed by atoms with van der Waals surface area (Å²) in [5.74, 6) is 1.33. The normalized spacial score (nSPS) is 10.6. The Morgan fingerprint density at radius 2 is 1.79 bits per heavy atom. The minimum atomic E-state index is 0.310. The molecule has 1 aromatic heterocycles. The Hall–Kier alpha value is -3.36. The summed E-state index contributed by atoms with van der Waals surface area (Å²) in [5.41, 5.74) is 3.46. The third-order valence-corrected chi connectivity index (χ3v) is 5.39. The monoisotopic (exact) mass is 386 g/mol. The molecule has 0 fully saturated rings. The van der Waals surface area contributed by atoms with E-state index in [9.17, 15) is 5.26 Å². The number of rotatable bonds is 6. The predicted octanol–water partition coefficient (Wildman–Crippen LogP) is 5.81. The van der Waals surface area contributed by atoms with Gasteiger partial charge in [-0.2, -0.15) is 5.26 Å². The van der Waals surface area contributed by atoms with Gasteiger partial charge in [-0.25, -0.2) is 4.98 Å². The number of para-hydroxylation sites is 1. The van der Waals surface area contributed by atoms with E-state index in [1.807, 2.05) is 61.5 Å². The van der Waals surface area contributed by atoms with Crippen molar-refractivity contribution in [3.8, 4) is 28.1 Å². The Morgan fingerprint density at radius 3 is 2.61 bits per heavy atom. The van der Waals surface area contributed by atoms with Crippen LogP contribution in [0.1, 0.15) is 18.1 Å². The van der Waals surface area contributed by atoms with Crippen LogP contribution in [0.5, 0.6) is 11.5 Å². The van der Waals surface area contributed by atoms with E-state index in [-0.39, 0.29) is 0 Å². The van der Waals surface area contributed by atoms with Crippen LogP contribution in [0.2, 0.25) is 0 Å². The molecule has 0 saturated heterocycles. The second-order valence-electron chi connectivity index (χ2n) is 6.14. The molecule has 0 saturated carbocycles. The smallest absolute Gasteiger partial charge is 0.161 e. The molecule has 3 aromatic carbocycles. The van der Waals surface area contributed by atoms with E-state index >= 15 is 0 Å². The maximum Gasteiger partial charge on any atom is 0.161 e. The van der Waals surface area contributed by atoms with Crippen LogP contribution in [0.3, 0.4) is 0 Å². The van der Waals surface area contributed by atoms with Gasteiger partial charge in [-0.1, -0.05) is 30.3 Å². The molecule has 28 heavy (non-hydrogen) atoms. The zero-order valence-electron chi connectivity index (χ0n) is 15.4. The van der Waals surface area contributed by atoms with Crippen molar-refractivity contribution >= 4 is 21.6 Å². The summed E-state index contributed by atoms with van der Waals surface area (Å²) in [6.45, 7) is 2.79. The number of nitrogens with zero attached hydrogens (tertiary/aromatic N) is 2. The fourth-order valence-electron chi connectivity index (χ4n) is 2.94. The fourth-order valence-corrected chi connectivity index (χ4v) is 3.90. The molecule has 0 bridgehead atoms. The van der Waals surface area contributed by atoms with E-state index < -0.39 is 0 Å². The van der Waals surface area contributed by atoms with E-state index in [1.54, 1.807) is 17.4 Å². The second kappa shape index (κ2) is 8.12. The summed E-state index contributed by atoms with van der Waals surface area (Å²) < 4.78 is 12.9. The summed E-state index contributed by atoms with van der Waals surface area (Å²) in [6.07, 6.45) is 0. The highest BCUT2D eigenvalue weighted by molar-refractivity contribution is 7.21. The van der Waals surface area contributed by atoms with Crippen LogP contribution >= 0.6 is 11.3 Å². The van der Waals surface area contributed by atoms with Gasteiger partial charge in [0.15, 0.2) is 11.5 Å². The largest absolute Gasteiger partial charge is 0.490 e. The lowest BCUT2D eigenvalue weighted by molar-refractivity contribution is 0.269. The third kappa shape index (κ3) is 3.68. The van der Waals surface area contributed by atoms with Gasteiger partial charge < -0.3 is 9.47 Å². The van der Waals surface area contributed by atoms with Crippen LogP contribution in [0.15, 0.2) is 66.7 Å². The van der Waals surface area contributed by atoms with Crippen LogP contribution in [-0.4, -0.2) is 11.6 Å². The molecule has 0 spiro atoms. The van der Waals surface area contributed by atoms with Crippen molar-refractivity contribution in [3.05, 3.63) is 77.9 Å². The predicted molar refractivity (Wildman–Crippen MR) is 112 cm³/mol. The van der Waals surface area contributed by atoms with Crippen LogP contribution < -0.4 is 9.47 Å². The zero-order chi connectivity index (χ0) is 19.3. The van der Waals surface area contributed by atoms with Crippen LogP contribution in [-0.2, 0) is 6.61 Å². The number of nitriles is 1. The first kappa shape index (κ1) is 18.0. The number of aromatic nitrogens is 1. The third-order valence-electron chi connectivity index (χ3n) is 4.31. The summed E-state index contributed by atoms with van der Waals surface area (Å²) >= 11 is 1.65. The van der Waals surface area contributed by atoms with Gasteiger partial charge in [0.05, 0.1) is 28.5 Å². The number of hydrogen-bond acceptors (Lipinski definition) is 5. The van der Waals surface area contributed by atoms with Crippen molar-refractivity contribution in [1.82, 2.24) is 4.98 Å². The van der Waals surface area contributed by atoms with Crippen LogP contribution in [0.25, 0.3) is 20.8 Å². The van der Waals surface area contributed by atoms with Gasteiger partial charge in [-0.05, 0) is 43.3 Å². The van der Waals surface area contributed by atoms with Crippen molar-refractivity contribution in [2.45, 2.75) is 13.5 Å². The molecule has 0 atom stereocenters. The molecule has 0 unspecified atom stereocenters. The number of fused-ring (bicyclic) bond motifs is 1. The van der Waals surface area contributed by atoms with E-state index in [0.29, 0.717) is 30.3 Å². The highest BCUT2D eigenvalue weighted by atomic mass is 32.1. The average molecular weight is 386 g/mol. The maximum absolute atomic E-state index is 9.24. The molecule has 0 amide bonds. The Kier molecular flexibility index (Phi) is 5.22. The molecule has 138 valence electrons. The SMILES string of the molecule is CCOc1cc(-c2nc3ccccc3s2)ccc1OCc1ccccc1C#N. The van der Waals surface area contributed by atoms with E-state index in [1.165, 1.54) is 0 Å². The molecule has 4 aromatic rings. The molecule has 4 nitrogen and oxygen atoms in total. The molecular formula is C23H18N2O2S. The van der Waals surface area contributed by atoms with Gasteiger partial charge in [0.1, 0.15) is 11.6 Å². The highest BCUT2D eigenvalue weighted by Gasteiger charge is 2.12. The van der Waals surface area contributed by atoms with E-state index in [4.69, 9.17) is 14.5 Å². The Morgan fingerprint density at radius 1 is 0.964 bits per heavy atom. The quantitative estimate of drug-likeness (QED) is 0.419. The molecule has 0 aliphatic carbocycles. The topological polar surface area (TPSA) is 55.1 Å². The lowest BCUT2D eigenvalue weighted by Crippen LogP contribution is -2.01. The molecule has 1 heterocycles. The highest BCUT2D eigenvalue weighted by Crippen LogP contribution is 2.36. The van der Waals surface area contributed by atoms with Crippen molar-refractivity contribution in [1.29, 1.82) is 5.26 Å². The lowest BCUT2D eigenvalue weighted by Gasteiger charge is -2.13. The van der Waals surface area contributed by atoms with Gasteiger partial charge in [-0.3, -0.25) is 0 Å². The first-order chi connectivity index (χ1) is 13.8. The van der Waals surface area contributed by atoms with Crippen molar-refractivity contribution < 1.29 is 9.47 Å². The Balaban J connectivity index is 1.62. The van der Waals surface area contributed by atoms with Crippen molar-refractivity contribution in [2.75, 3.05) is 6.61 Å².